The highest BCUT2D eigenvalue weighted by Gasteiger charge is 2.18. The van der Waals surface area contributed by atoms with Crippen molar-refractivity contribution in [3.63, 3.8) is 0 Å². The van der Waals surface area contributed by atoms with Crippen LogP contribution >= 0.6 is 0 Å². The summed E-state index contributed by atoms with van der Waals surface area (Å²) in [7, 11) is 2.06. The minimum Gasteiger partial charge on any atom is -0.376 e. The number of hydrogen-bond donors (Lipinski definition) is 1. The average Bonchev–Trinajstić information content (AvgIpc) is 2.46. The van der Waals surface area contributed by atoms with E-state index in [0.29, 0.717) is 5.56 Å². The summed E-state index contributed by atoms with van der Waals surface area (Å²) in [4.78, 5) is 27.5. The number of benzene rings is 1. The van der Waals surface area contributed by atoms with Gasteiger partial charge in [-0.25, -0.2) is 0 Å². The van der Waals surface area contributed by atoms with Gasteiger partial charge >= 0.3 is 0 Å². The van der Waals surface area contributed by atoms with Gasteiger partial charge in [-0.3, -0.25) is 9.59 Å². The third-order valence-corrected chi connectivity index (χ3v) is 3.57. The molecule has 1 aromatic rings. The maximum atomic E-state index is 12.1. The second-order valence-corrected chi connectivity index (χ2v) is 5.17. The van der Waals surface area contributed by atoms with Gasteiger partial charge in [-0.1, -0.05) is 12.1 Å². The van der Waals surface area contributed by atoms with E-state index in [4.69, 9.17) is 0 Å². The molecule has 1 aliphatic rings. The van der Waals surface area contributed by atoms with Crippen LogP contribution in [0.4, 0.5) is 5.69 Å². The zero-order valence-corrected chi connectivity index (χ0v) is 12.1. The number of nitrogens with one attached hydrogen (secondary N) is 1. The Morgan fingerprint density at radius 3 is 2.55 bits per heavy atom. The van der Waals surface area contributed by atoms with E-state index in [2.05, 4.69) is 17.3 Å². The van der Waals surface area contributed by atoms with E-state index < -0.39 is 0 Å². The number of rotatable bonds is 4. The maximum absolute atomic E-state index is 12.1. The molecular formula is C15H21N3O2. The fraction of sp³-hybridized carbons (Fsp3) is 0.467. The summed E-state index contributed by atoms with van der Waals surface area (Å²) >= 11 is 0. The number of ketones is 1. The smallest absolute Gasteiger partial charge is 0.241 e. The van der Waals surface area contributed by atoms with E-state index in [1.54, 1.807) is 12.1 Å². The van der Waals surface area contributed by atoms with Gasteiger partial charge in [0.1, 0.15) is 0 Å². The molecule has 1 saturated heterocycles. The van der Waals surface area contributed by atoms with Gasteiger partial charge in [0.05, 0.1) is 6.54 Å². The maximum Gasteiger partial charge on any atom is 0.241 e. The van der Waals surface area contributed by atoms with Crippen LogP contribution in [0.2, 0.25) is 0 Å². The van der Waals surface area contributed by atoms with Gasteiger partial charge in [-0.2, -0.15) is 0 Å². The van der Waals surface area contributed by atoms with Crippen molar-refractivity contribution in [3.8, 4) is 0 Å². The lowest BCUT2D eigenvalue weighted by Crippen LogP contribution is -2.48. The molecule has 0 radical (unpaired) electrons. The summed E-state index contributed by atoms with van der Waals surface area (Å²) in [5, 5.41) is 3.09. The molecule has 0 aliphatic carbocycles. The lowest BCUT2D eigenvalue weighted by atomic mass is 10.1. The summed E-state index contributed by atoms with van der Waals surface area (Å²) in [6.07, 6.45) is 0. The molecule has 0 unspecified atom stereocenters. The van der Waals surface area contributed by atoms with Gasteiger partial charge < -0.3 is 15.1 Å². The molecule has 0 atom stereocenters. The number of anilines is 1. The van der Waals surface area contributed by atoms with Crippen molar-refractivity contribution in [1.82, 2.24) is 9.80 Å². The van der Waals surface area contributed by atoms with Crippen LogP contribution < -0.4 is 5.32 Å². The number of amides is 1. The Labute approximate surface area is 119 Å². The number of piperazine rings is 1. The van der Waals surface area contributed by atoms with E-state index >= 15 is 0 Å². The fourth-order valence-corrected chi connectivity index (χ4v) is 2.19. The van der Waals surface area contributed by atoms with Crippen LogP contribution in [0.15, 0.2) is 24.3 Å². The van der Waals surface area contributed by atoms with Crippen LogP contribution in [-0.4, -0.2) is 61.3 Å². The Hall–Kier alpha value is -1.88. The Bertz CT molecular complexity index is 494. The predicted molar refractivity (Wildman–Crippen MR) is 79.0 cm³/mol. The largest absolute Gasteiger partial charge is 0.376 e. The van der Waals surface area contributed by atoms with Crippen molar-refractivity contribution in [2.45, 2.75) is 6.92 Å². The molecule has 0 saturated carbocycles. The highest BCUT2D eigenvalue weighted by atomic mass is 16.2. The number of carbonyl (C=O) groups excluding carboxylic acids is 2. The first kappa shape index (κ1) is 14.5. The third-order valence-electron chi connectivity index (χ3n) is 3.57. The van der Waals surface area contributed by atoms with Crippen molar-refractivity contribution < 1.29 is 9.59 Å². The van der Waals surface area contributed by atoms with Crippen LogP contribution in [0.5, 0.6) is 0 Å². The van der Waals surface area contributed by atoms with Crippen molar-refractivity contribution in [2.75, 3.05) is 45.1 Å². The number of carbonyl (C=O) groups is 2. The highest BCUT2D eigenvalue weighted by Crippen LogP contribution is 2.11. The van der Waals surface area contributed by atoms with Gasteiger partial charge in [-0.05, 0) is 26.1 Å². The van der Waals surface area contributed by atoms with Crippen molar-refractivity contribution in [3.05, 3.63) is 29.8 Å². The predicted octanol–water partition coefficient (Wildman–Crippen LogP) is 1.08. The normalized spacial score (nSPS) is 16.0. The van der Waals surface area contributed by atoms with E-state index in [9.17, 15) is 9.59 Å². The fourth-order valence-electron chi connectivity index (χ4n) is 2.19. The molecule has 0 aromatic heterocycles. The molecule has 2 rings (SSSR count). The first-order valence-corrected chi connectivity index (χ1v) is 6.87. The van der Waals surface area contributed by atoms with Crippen molar-refractivity contribution >= 4 is 17.4 Å². The van der Waals surface area contributed by atoms with Gasteiger partial charge in [0.25, 0.3) is 0 Å². The summed E-state index contributed by atoms with van der Waals surface area (Å²) in [5.41, 5.74) is 1.46. The van der Waals surface area contributed by atoms with Crippen LogP contribution in [0.1, 0.15) is 17.3 Å². The Balaban J connectivity index is 1.87. The van der Waals surface area contributed by atoms with E-state index in [-0.39, 0.29) is 18.2 Å². The quantitative estimate of drug-likeness (QED) is 0.835. The lowest BCUT2D eigenvalue weighted by molar-refractivity contribution is -0.130. The molecule has 1 N–H and O–H groups in total. The summed E-state index contributed by atoms with van der Waals surface area (Å²) < 4.78 is 0. The molecular weight excluding hydrogens is 254 g/mol. The molecule has 1 aromatic carbocycles. The molecule has 108 valence electrons. The van der Waals surface area contributed by atoms with E-state index in [1.165, 1.54) is 6.92 Å². The van der Waals surface area contributed by atoms with E-state index in [0.717, 1.165) is 31.9 Å². The lowest BCUT2D eigenvalue weighted by Gasteiger charge is -2.32. The Morgan fingerprint density at radius 1 is 1.20 bits per heavy atom. The zero-order valence-electron chi connectivity index (χ0n) is 12.1. The number of likely N-dealkylation sites (N-methyl/N-ethyl adjacent to an activating group) is 1. The summed E-state index contributed by atoms with van der Waals surface area (Å²) in [5.74, 6) is 0.130. The first-order valence-electron chi connectivity index (χ1n) is 6.87. The minimum atomic E-state index is 0.0269. The van der Waals surface area contributed by atoms with Gasteiger partial charge in [0, 0.05) is 37.4 Å². The third kappa shape index (κ3) is 3.81. The Kier molecular flexibility index (Phi) is 4.74. The first-order chi connectivity index (χ1) is 9.56. The molecule has 1 aliphatic heterocycles. The topological polar surface area (TPSA) is 52.7 Å². The highest BCUT2D eigenvalue weighted by molar-refractivity contribution is 5.95. The van der Waals surface area contributed by atoms with Gasteiger partial charge in [0.15, 0.2) is 5.78 Å². The second kappa shape index (κ2) is 6.52. The minimum absolute atomic E-state index is 0.0269. The monoisotopic (exact) mass is 275 g/mol. The number of nitrogens with zero attached hydrogens (tertiary/aromatic N) is 2. The van der Waals surface area contributed by atoms with Crippen LogP contribution in [-0.2, 0) is 4.79 Å². The van der Waals surface area contributed by atoms with Crippen molar-refractivity contribution in [2.24, 2.45) is 0 Å². The summed E-state index contributed by atoms with van der Waals surface area (Å²) in [6.45, 7) is 5.21. The average molecular weight is 275 g/mol. The standard InChI is InChI=1S/C15H21N3O2/c1-12(19)13-4-3-5-14(10-13)16-11-15(20)18-8-6-17(2)7-9-18/h3-5,10,16H,6-9,11H2,1-2H3. The molecule has 1 heterocycles. The zero-order chi connectivity index (χ0) is 14.5. The second-order valence-electron chi connectivity index (χ2n) is 5.17. The molecule has 5 nitrogen and oxygen atoms in total. The van der Waals surface area contributed by atoms with Gasteiger partial charge in [-0.15, -0.1) is 0 Å². The SMILES string of the molecule is CC(=O)c1cccc(NCC(=O)N2CCN(C)CC2)c1. The molecule has 20 heavy (non-hydrogen) atoms. The molecule has 0 spiro atoms. The van der Waals surface area contributed by atoms with Crippen LogP contribution in [0.3, 0.4) is 0 Å². The Morgan fingerprint density at radius 2 is 1.90 bits per heavy atom. The molecule has 5 heteroatoms. The molecule has 1 amide bonds. The van der Waals surface area contributed by atoms with Crippen LogP contribution in [0.25, 0.3) is 0 Å². The molecule has 0 bridgehead atoms. The van der Waals surface area contributed by atoms with Crippen molar-refractivity contribution in [1.29, 1.82) is 0 Å². The number of Topliss-reactive ketones (excluding diaryl/α,β-unsaturated/α-hetero) is 1. The number of hydrogen-bond acceptors (Lipinski definition) is 4. The summed E-state index contributed by atoms with van der Waals surface area (Å²) in [6, 6.07) is 7.23. The van der Waals surface area contributed by atoms with Crippen LogP contribution in [0, 0.1) is 0 Å². The van der Waals surface area contributed by atoms with E-state index in [1.807, 2.05) is 17.0 Å². The molecule has 1 fully saturated rings. The van der Waals surface area contributed by atoms with Gasteiger partial charge in [0.2, 0.25) is 5.91 Å².